The molecule has 1 aromatic heterocycles. The van der Waals surface area contributed by atoms with Gasteiger partial charge in [-0.2, -0.15) is 0 Å². The lowest BCUT2D eigenvalue weighted by Crippen LogP contribution is -2.34. The molecule has 1 N–H and O–H groups in total. The van der Waals surface area contributed by atoms with Gasteiger partial charge in [0.15, 0.2) is 12.4 Å². The van der Waals surface area contributed by atoms with Crippen molar-refractivity contribution in [3.8, 4) is 5.75 Å². The van der Waals surface area contributed by atoms with Gasteiger partial charge in [0.05, 0.1) is 0 Å². The van der Waals surface area contributed by atoms with Gasteiger partial charge in [0, 0.05) is 29.7 Å². The van der Waals surface area contributed by atoms with Gasteiger partial charge in [-0.1, -0.05) is 19.1 Å². The summed E-state index contributed by atoms with van der Waals surface area (Å²) in [6.45, 7) is 5.67. The van der Waals surface area contributed by atoms with E-state index in [0.717, 1.165) is 29.8 Å². The third-order valence-electron chi connectivity index (χ3n) is 5.58. The summed E-state index contributed by atoms with van der Waals surface area (Å²) in [6, 6.07) is 16.6. The van der Waals surface area contributed by atoms with Gasteiger partial charge in [0.2, 0.25) is 0 Å². The molecule has 1 unspecified atom stereocenters. The number of piperidine rings is 1. The molecule has 0 bridgehead atoms. The van der Waals surface area contributed by atoms with Crippen molar-refractivity contribution in [2.45, 2.75) is 26.7 Å². The zero-order chi connectivity index (χ0) is 21.8. The highest BCUT2D eigenvalue weighted by Crippen LogP contribution is 2.28. The number of fused-ring (bicyclic) bond motifs is 1. The minimum absolute atomic E-state index is 0.0111. The van der Waals surface area contributed by atoms with Gasteiger partial charge >= 0.3 is 0 Å². The number of carbonyl (C=O) groups excluding carboxylic acids is 2. The number of ether oxygens (including phenoxy) is 1. The number of hydrogen-bond acceptors (Lipinski definition) is 5. The number of para-hydroxylation sites is 1. The van der Waals surface area contributed by atoms with Crippen LogP contribution in [0.3, 0.4) is 0 Å². The number of aromatic nitrogens is 1. The zero-order valence-electron chi connectivity index (χ0n) is 17.9. The highest BCUT2D eigenvalue weighted by molar-refractivity contribution is 5.96. The van der Waals surface area contributed by atoms with Crippen LogP contribution in [0, 0.1) is 5.92 Å². The Hall–Kier alpha value is -3.41. The molecule has 1 amide bonds. The zero-order valence-corrected chi connectivity index (χ0v) is 17.9. The summed E-state index contributed by atoms with van der Waals surface area (Å²) in [4.78, 5) is 30.9. The fraction of sp³-hybridized carbons (Fsp3) is 0.320. The number of carbonyl (C=O) groups is 2. The van der Waals surface area contributed by atoms with Gasteiger partial charge in [-0.3, -0.25) is 9.59 Å². The fourth-order valence-corrected chi connectivity index (χ4v) is 3.93. The molecule has 0 radical (unpaired) electrons. The van der Waals surface area contributed by atoms with E-state index in [9.17, 15) is 9.59 Å². The number of ketones is 1. The molecule has 1 aliphatic heterocycles. The third kappa shape index (κ3) is 5.02. The van der Waals surface area contributed by atoms with E-state index in [4.69, 9.17) is 9.72 Å². The smallest absolute Gasteiger partial charge is 0.262 e. The van der Waals surface area contributed by atoms with Gasteiger partial charge in [0.1, 0.15) is 17.1 Å². The number of hydrogen-bond donors (Lipinski definition) is 1. The van der Waals surface area contributed by atoms with E-state index in [2.05, 4.69) is 29.3 Å². The molecule has 2 heterocycles. The molecule has 6 heteroatoms. The summed E-state index contributed by atoms with van der Waals surface area (Å²) in [5, 5.41) is 3.77. The maximum absolute atomic E-state index is 12.4. The van der Waals surface area contributed by atoms with Crippen molar-refractivity contribution in [2.75, 3.05) is 29.9 Å². The van der Waals surface area contributed by atoms with Gasteiger partial charge < -0.3 is 15.0 Å². The Kier molecular flexibility index (Phi) is 6.16. The van der Waals surface area contributed by atoms with E-state index in [-0.39, 0.29) is 18.3 Å². The quantitative estimate of drug-likeness (QED) is 0.589. The van der Waals surface area contributed by atoms with E-state index in [0.29, 0.717) is 22.9 Å². The second kappa shape index (κ2) is 9.16. The van der Waals surface area contributed by atoms with Crippen LogP contribution in [-0.4, -0.2) is 36.4 Å². The van der Waals surface area contributed by atoms with Crippen molar-refractivity contribution in [1.82, 2.24) is 4.98 Å². The number of nitrogens with one attached hydrogen (secondary N) is 1. The Morgan fingerprint density at radius 1 is 1.13 bits per heavy atom. The van der Waals surface area contributed by atoms with Crippen LogP contribution in [0.2, 0.25) is 0 Å². The molecular formula is C25H27N3O3. The minimum atomic E-state index is -0.270. The van der Waals surface area contributed by atoms with Crippen molar-refractivity contribution in [3.05, 3.63) is 60.2 Å². The largest absolute Gasteiger partial charge is 0.481 e. The monoisotopic (exact) mass is 417 g/mol. The topological polar surface area (TPSA) is 71.5 Å². The van der Waals surface area contributed by atoms with Gasteiger partial charge in [-0.25, -0.2) is 4.98 Å². The molecule has 1 aliphatic rings. The van der Waals surface area contributed by atoms with E-state index < -0.39 is 0 Å². The molecule has 1 fully saturated rings. The van der Waals surface area contributed by atoms with Crippen LogP contribution in [0.25, 0.3) is 10.9 Å². The maximum atomic E-state index is 12.4. The summed E-state index contributed by atoms with van der Waals surface area (Å²) in [5.41, 5.74) is 1.99. The Balaban J connectivity index is 1.45. The van der Waals surface area contributed by atoms with Crippen LogP contribution in [0.5, 0.6) is 5.75 Å². The Bertz CT molecular complexity index is 1090. The van der Waals surface area contributed by atoms with Crippen molar-refractivity contribution in [3.63, 3.8) is 0 Å². The first-order chi connectivity index (χ1) is 15.0. The van der Waals surface area contributed by atoms with E-state index >= 15 is 0 Å². The number of nitrogens with zero attached hydrogens (tertiary/aromatic N) is 2. The lowest BCUT2D eigenvalue weighted by Gasteiger charge is -2.32. The van der Waals surface area contributed by atoms with E-state index in [1.165, 1.54) is 19.8 Å². The summed E-state index contributed by atoms with van der Waals surface area (Å²) in [6.07, 6.45) is 2.43. The Morgan fingerprint density at radius 3 is 2.68 bits per heavy atom. The number of anilines is 2. The molecule has 3 aromatic rings. The van der Waals surface area contributed by atoms with Crippen molar-refractivity contribution >= 4 is 34.1 Å². The molecule has 4 rings (SSSR count). The van der Waals surface area contributed by atoms with E-state index in [1.807, 2.05) is 18.2 Å². The summed E-state index contributed by atoms with van der Waals surface area (Å²) in [7, 11) is 0. The molecule has 31 heavy (non-hydrogen) atoms. The van der Waals surface area contributed by atoms with Crippen LogP contribution in [0.4, 0.5) is 11.5 Å². The number of pyridine rings is 1. The lowest BCUT2D eigenvalue weighted by molar-refractivity contribution is -0.118. The highest BCUT2D eigenvalue weighted by atomic mass is 16.5. The van der Waals surface area contributed by atoms with E-state index in [1.54, 1.807) is 24.3 Å². The standard InChI is InChI=1S/C25H27N3O3/c1-17-5-4-14-28(15-17)23-13-10-20-6-3-7-22(25(20)27-23)31-16-24(30)26-21-11-8-19(9-12-21)18(2)29/h3,6-13,17H,4-5,14-16H2,1-2H3,(H,26,30). The lowest BCUT2D eigenvalue weighted by atomic mass is 10.0. The molecule has 160 valence electrons. The van der Waals surface area contributed by atoms with Crippen molar-refractivity contribution in [1.29, 1.82) is 0 Å². The maximum Gasteiger partial charge on any atom is 0.262 e. The predicted molar refractivity (Wildman–Crippen MR) is 123 cm³/mol. The molecule has 0 saturated carbocycles. The summed E-state index contributed by atoms with van der Waals surface area (Å²) in [5.74, 6) is 1.92. The molecule has 1 saturated heterocycles. The second-order valence-electron chi connectivity index (χ2n) is 8.16. The first-order valence-corrected chi connectivity index (χ1v) is 10.7. The molecule has 1 atom stereocenters. The van der Waals surface area contributed by atoms with Crippen LogP contribution in [0.15, 0.2) is 54.6 Å². The first-order valence-electron chi connectivity index (χ1n) is 10.7. The molecular weight excluding hydrogens is 390 g/mol. The van der Waals surface area contributed by atoms with Gasteiger partial charge in [-0.15, -0.1) is 0 Å². The molecule has 6 nitrogen and oxygen atoms in total. The normalized spacial score (nSPS) is 16.2. The minimum Gasteiger partial charge on any atom is -0.481 e. The number of amides is 1. The number of rotatable bonds is 6. The second-order valence-corrected chi connectivity index (χ2v) is 8.16. The van der Waals surface area contributed by atoms with Crippen LogP contribution < -0.4 is 15.0 Å². The van der Waals surface area contributed by atoms with Crippen LogP contribution in [-0.2, 0) is 4.79 Å². The summed E-state index contributed by atoms with van der Waals surface area (Å²) >= 11 is 0. The first kappa shape index (κ1) is 20.8. The van der Waals surface area contributed by atoms with Crippen molar-refractivity contribution in [2.24, 2.45) is 5.92 Å². The number of benzene rings is 2. The van der Waals surface area contributed by atoms with Gasteiger partial charge in [0.25, 0.3) is 5.91 Å². The third-order valence-corrected chi connectivity index (χ3v) is 5.58. The van der Waals surface area contributed by atoms with Crippen LogP contribution in [0.1, 0.15) is 37.0 Å². The molecule has 0 spiro atoms. The van der Waals surface area contributed by atoms with Gasteiger partial charge in [-0.05, 0) is 68.1 Å². The number of Topliss-reactive ketones (excluding diaryl/α,β-unsaturated/α-hetero) is 1. The predicted octanol–water partition coefficient (Wildman–Crippen LogP) is 4.69. The average molecular weight is 418 g/mol. The molecule has 0 aliphatic carbocycles. The SMILES string of the molecule is CC(=O)c1ccc(NC(=O)COc2cccc3ccc(N4CCCC(C)C4)nc23)cc1. The Morgan fingerprint density at radius 2 is 1.94 bits per heavy atom. The van der Waals surface area contributed by atoms with Crippen LogP contribution >= 0.6 is 0 Å². The fourth-order valence-electron chi connectivity index (χ4n) is 3.93. The highest BCUT2D eigenvalue weighted by Gasteiger charge is 2.18. The average Bonchev–Trinajstić information content (AvgIpc) is 2.77. The Labute approximate surface area is 182 Å². The molecule has 2 aromatic carbocycles. The van der Waals surface area contributed by atoms with Crippen molar-refractivity contribution < 1.29 is 14.3 Å². The summed E-state index contributed by atoms with van der Waals surface area (Å²) < 4.78 is 5.83.